The van der Waals surface area contributed by atoms with Crippen LogP contribution in [0.15, 0.2) is 24.3 Å². The molecule has 1 aliphatic carbocycles. The summed E-state index contributed by atoms with van der Waals surface area (Å²) in [7, 11) is 0. The highest BCUT2D eigenvalue weighted by atomic mass is 15.2. The standard InChI is InChI=1S/C17H26N2/c1-14-6-2-3-7-17(14)15-12-16(13-15)18-8-11-19-9-4-5-10-19/h2-3,6-7,15-16,18H,4-5,8-13H2,1H3. The van der Waals surface area contributed by atoms with Crippen molar-refractivity contribution in [1.82, 2.24) is 10.2 Å². The minimum atomic E-state index is 0.757. The van der Waals surface area contributed by atoms with E-state index in [9.17, 15) is 0 Å². The Labute approximate surface area is 117 Å². The van der Waals surface area contributed by atoms with Gasteiger partial charge in [-0.15, -0.1) is 0 Å². The lowest BCUT2D eigenvalue weighted by molar-refractivity contribution is 0.266. The molecule has 1 heterocycles. The summed E-state index contributed by atoms with van der Waals surface area (Å²) < 4.78 is 0. The Bertz CT molecular complexity index is 403. The van der Waals surface area contributed by atoms with Gasteiger partial charge in [0.2, 0.25) is 0 Å². The van der Waals surface area contributed by atoms with Gasteiger partial charge in [0.1, 0.15) is 0 Å². The van der Waals surface area contributed by atoms with Gasteiger partial charge in [0.15, 0.2) is 0 Å². The number of hydrogen-bond acceptors (Lipinski definition) is 2. The van der Waals surface area contributed by atoms with Crippen molar-refractivity contribution >= 4 is 0 Å². The molecule has 1 aromatic carbocycles. The Hall–Kier alpha value is -0.860. The van der Waals surface area contributed by atoms with E-state index in [-0.39, 0.29) is 0 Å². The van der Waals surface area contributed by atoms with Crippen LogP contribution in [0, 0.1) is 6.92 Å². The third kappa shape index (κ3) is 3.18. The molecule has 1 saturated heterocycles. The average Bonchev–Trinajstić information content (AvgIpc) is 2.87. The first-order valence-corrected chi connectivity index (χ1v) is 7.84. The van der Waals surface area contributed by atoms with Crippen molar-refractivity contribution in [3.63, 3.8) is 0 Å². The topological polar surface area (TPSA) is 15.3 Å². The van der Waals surface area contributed by atoms with Gasteiger partial charge in [-0.2, -0.15) is 0 Å². The fourth-order valence-electron chi connectivity index (χ4n) is 3.52. The highest BCUT2D eigenvalue weighted by Gasteiger charge is 2.30. The second-order valence-electron chi connectivity index (χ2n) is 6.22. The maximum atomic E-state index is 3.72. The van der Waals surface area contributed by atoms with Crippen molar-refractivity contribution < 1.29 is 0 Å². The van der Waals surface area contributed by atoms with E-state index in [1.54, 1.807) is 5.56 Å². The first-order valence-electron chi connectivity index (χ1n) is 7.84. The van der Waals surface area contributed by atoms with Gasteiger partial charge in [0.05, 0.1) is 0 Å². The molecule has 0 spiro atoms. The van der Waals surface area contributed by atoms with Crippen LogP contribution in [0.1, 0.15) is 42.7 Å². The van der Waals surface area contributed by atoms with Crippen LogP contribution >= 0.6 is 0 Å². The Morgan fingerprint density at radius 1 is 1.16 bits per heavy atom. The lowest BCUT2D eigenvalue weighted by Gasteiger charge is -2.37. The predicted molar refractivity (Wildman–Crippen MR) is 80.6 cm³/mol. The molecular weight excluding hydrogens is 232 g/mol. The Morgan fingerprint density at radius 3 is 2.63 bits per heavy atom. The van der Waals surface area contributed by atoms with Crippen molar-refractivity contribution in [2.24, 2.45) is 0 Å². The van der Waals surface area contributed by atoms with E-state index in [1.807, 2.05) is 0 Å². The Kier molecular flexibility index (Phi) is 4.19. The first-order chi connectivity index (χ1) is 9.33. The number of likely N-dealkylation sites (tertiary alicyclic amines) is 1. The number of rotatable bonds is 5. The summed E-state index contributed by atoms with van der Waals surface area (Å²) in [5.74, 6) is 0.797. The molecule has 104 valence electrons. The summed E-state index contributed by atoms with van der Waals surface area (Å²) in [5.41, 5.74) is 3.03. The van der Waals surface area contributed by atoms with Crippen molar-refractivity contribution in [3.05, 3.63) is 35.4 Å². The van der Waals surface area contributed by atoms with Crippen molar-refractivity contribution in [2.75, 3.05) is 26.2 Å². The molecular formula is C17H26N2. The maximum Gasteiger partial charge on any atom is 0.0107 e. The summed E-state index contributed by atoms with van der Waals surface area (Å²) in [6.07, 6.45) is 5.45. The van der Waals surface area contributed by atoms with E-state index in [4.69, 9.17) is 0 Å². The summed E-state index contributed by atoms with van der Waals surface area (Å²) in [6.45, 7) is 7.29. The molecule has 0 amide bonds. The van der Waals surface area contributed by atoms with Gasteiger partial charge in [-0.25, -0.2) is 0 Å². The third-order valence-electron chi connectivity index (χ3n) is 4.83. The lowest BCUT2D eigenvalue weighted by atomic mass is 9.74. The Morgan fingerprint density at radius 2 is 1.89 bits per heavy atom. The normalized spacial score (nSPS) is 27.4. The molecule has 0 bridgehead atoms. The summed E-state index contributed by atoms with van der Waals surface area (Å²) in [5, 5.41) is 3.72. The molecule has 0 aromatic heterocycles. The number of benzene rings is 1. The predicted octanol–water partition coefficient (Wildman–Crippen LogP) is 2.93. The molecule has 2 heteroatoms. The van der Waals surface area contributed by atoms with E-state index in [1.165, 1.54) is 57.4 Å². The van der Waals surface area contributed by atoms with Crippen LogP contribution in [-0.4, -0.2) is 37.1 Å². The molecule has 2 nitrogen and oxygen atoms in total. The number of hydrogen-bond donors (Lipinski definition) is 1. The maximum absolute atomic E-state index is 3.72. The second kappa shape index (κ2) is 6.06. The molecule has 1 aromatic rings. The van der Waals surface area contributed by atoms with Crippen LogP contribution in [0.5, 0.6) is 0 Å². The van der Waals surface area contributed by atoms with Crippen molar-refractivity contribution in [3.8, 4) is 0 Å². The van der Waals surface area contributed by atoms with Gasteiger partial charge in [0, 0.05) is 19.1 Å². The first kappa shape index (κ1) is 13.1. The smallest absolute Gasteiger partial charge is 0.0107 e. The van der Waals surface area contributed by atoms with Crippen molar-refractivity contribution in [2.45, 2.75) is 44.6 Å². The minimum Gasteiger partial charge on any atom is -0.313 e. The van der Waals surface area contributed by atoms with Crippen LogP contribution in [0.25, 0.3) is 0 Å². The SMILES string of the molecule is Cc1ccccc1C1CC(NCCN2CCCC2)C1. The summed E-state index contributed by atoms with van der Waals surface area (Å²) >= 11 is 0. The zero-order chi connectivity index (χ0) is 13.1. The van der Waals surface area contributed by atoms with Crippen LogP contribution in [0.2, 0.25) is 0 Å². The van der Waals surface area contributed by atoms with E-state index in [0.29, 0.717) is 0 Å². The molecule has 0 radical (unpaired) electrons. The molecule has 3 rings (SSSR count). The molecule has 2 fully saturated rings. The van der Waals surface area contributed by atoms with E-state index in [2.05, 4.69) is 41.4 Å². The fraction of sp³-hybridized carbons (Fsp3) is 0.647. The monoisotopic (exact) mass is 258 g/mol. The molecule has 1 saturated carbocycles. The van der Waals surface area contributed by atoms with E-state index < -0.39 is 0 Å². The lowest BCUT2D eigenvalue weighted by Crippen LogP contribution is -2.43. The highest BCUT2D eigenvalue weighted by Crippen LogP contribution is 2.38. The summed E-state index contributed by atoms with van der Waals surface area (Å²) in [6, 6.07) is 9.62. The van der Waals surface area contributed by atoms with E-state index in [0.717, 1.165) is 12.0 Å². The largest absolute Gasteiger partial charge is 0.313 e. The minimum absolute atomic E-state index is 0.757. The van der Waals surface area contributed by atoms with Gasteiger partial charge >= 0.3 is 0 Å². The highest BCUT2D eigenvalue weighted by molar-refractivity contribution is 5.31. The third-order valence-corrected chi connectivity index (χ3v) is 4.83. The average molecular weight is 258 g/mol. The second-order valence-corrected chi connectivity index (χ2v) is 6.22. The quantitative estimate of drug-likeness (QED) is 0.873. The summed E-state index contributed by atoms with van der Waals surface area (Å²) in [4.78, 5) is 2.59. The number of nitrogens with zero attached hydrogens (tertiary/aromatic N) is 1. The van der Waals surface area contributed by atoms with Crippen LogP contribution in [-0.2, 0) is 0 Å². The van der Waals surface area contributed by atoms with Gasteiger partial charge < -0.3 is 10.2 Å². The van der Waals surface area contributed by atoms with Gasteiger partial charge in [-0.1, -0.05) is 24.3 Å². The van der Waals surface area contributed by atoms with Gasteiger partial charge in [0.25, 0.3) is 0 Å². The molecule has 2 aliphatic rings. The molecule has 0 atom stereocenters. The zero-order valence-corrected chi connectivity index (χ0v) is 12.1. The van der Waals surface area contributed by atoms with Crippen molar-refractivity contribution in [1.29, 1.82) is 0 Å². The molecule has 1 N–H and O–H groups in total. The van der Waals surface area contributed by atoms with Crippen LogP contribution < -0.4 is 5.32 Å². The van der Waals surface area contributed by atoms with Gasteiger partial charge in [-0.3, -0.25) is 0 Å². The number of aryl methyl sites for hydroxylation is 1. The Balaban J connectivity index is 1.37. The fourth-order valence-corrected chi connectivity index (χ4v) is 3.52. The van der Waals surface area contributed by atoms with E-state index >= 15 is 0 Å². The van der Waals surface area contributed by atoms with Crippen LogP contribution in [0.3, 0.4) is 0 Å². The van der Waals surface area contributed by atoms with Gasteiger partial charge in [-0.05, 0) is 62.7 Å². The van der Waals surface area contributed by atoms with Crippen LogP contribution in [0.4, 0.5) is 0 Å². The number of nitrogens with one attached hydrogen (secondary N) is 1. The molecule has 19 heavy (non-hydrogen) atoms. The molecule has 0 unspecified atom stereocenters. The molecule has 1 aliphatic heterocycles. The zero-order valence-electron chi connectivity index (χ0n) is 12.1.